The van der Waals surface area contributed by atoms with Crippen LogP contribution in [0.5, 0.6) is 0 Å². The van der Waals surface area contributed by atoms with Crippen LogP contribution < -0.4 is 5.32 Å². The van der Waals surface area contributed by atoms with Gasteiger partial charge in [0.25, 0.3) is 0 Å². The van der Waals surface area contributed by atoms with Crippen molar-refractivity contribution in [3.8, 4) is 0 Å². The summed E-state index contributed by atoms with van der Waals surface area (Å²) in [6.07, 6.45) is 7.72. The number of hydrogen-bond acceptors (Lipinski definition) is 3. The van der Waals surface area contributed by atoms with Crippen LogP contribution >= 0.6 is 0 Å². The number of nitrogens with zero attached hydrogens (tertiary/aromatic N) is 2. The molecule has 1 aliphatic rings. The van der Waals surface area contributed by atoms with Crippen LogP contribution in [0, 0.1) is 12.3 Å². The highest BCUT2D eigenvalue weighted by molar-refractivity contribution is 5.76. The fourth-order valence-corrected chi connectivity index (χ4v) is 2.93. The average molecular weight is 279 g/mol. The SMILES string of the molecule is COCC1(CNC(=O)C[C@@H](C)n2ccnc2C)CCC1. The first-order valence-corrected chi connectivity index (χ1v) is 7.31. The molecule has 0 unspecified atom stereocenters. The van der Waals surface area contributed by atoms with E-state index < -0.39 is 0 Å². The molecule has 1 fully saturated rings. The number of nitrogens with one attached hydrogen (secondary N) is 1. The molecule has 0 radical (unpaired) electrons. The van der Waals surface area contributed by atoms with Crippen molar-refractivity contribution < 1.29 is 9.53 Å². The number of aromatic nitrogens is 2. The highest BCUT2D eigenvalue weighted by Crippen LogP contribution is 2.40. The predicted octanol–water partition coefficient (Wildman–Crippen LogP) is 2.08. The van der Waals surface area contributed by atoms with E-state index in [1.165, 1.54) is 6.42 Å². The summed E-state index contributed by atoms with van der Waals surface area (Å²) in [6.45, 7) is 5.47. The normalized spacial score (nSPS) is 18.4. The van der Waals surface area contributed by atoms with E-state index in [0.717, 1.165) is 31.8 Å². The number of methoxy groups -OCH3 is 1. The maximum Gasteiger partial charge on any atom is 0.222 e. The Morgan fingerprint density at radius 1 is 1.60 bits per heavy atom. The summed E-state index contributed by atoms with van der Waals surface area (Å²) < 4.78 is 7.31. The van der Waals surface area contributed by atoms with Crippen LogP contribution in [-0.2, 0) is 9.53 Å². The van der Waals surface area contributed by atoms with Crippen LogP contribution in [0.4, 0.5) is 0 Å². The zero-order chi connectivity index (χ0) is 14.6. The third-order valence-electron chi connectivity index (χ3n) is 4.34. The van der Waals surface area contributed by atoms with E-state index in [9.17, 15) is 4.79 Å². The van der Waals surface area contributed by atoms with Gasteiger partial charge in [0.2, 0.25) is 5.91 Å². The molecule has 0 spiro atoms. The maximum atomic E-state index is 12.1. The molecular weight excluding hydrogens is 254 g/mol. The molecule has 1 heterocycles. The summed E-state index contributed by atoms with van der Waals surface area (Å²) in [5.74, 6) is 1.05. The van der Waals surface area contributed by atoms with E-state index in [1.54, 1.807) is 13.3 Å². The quantitative estimate of drug-likeness (QED) is 0.831. The van der Waals surface area contributed by atoms with Crippen LogP contribution in [0.3, 0.4) is 0 Å². The Kier molecular flexibility index (Phi) is 4.81. The first-order valence-electron chi connectivity index (χ1n) is 7.31. The molecule has 112 valence electrons. The lowest BCUT2D eigenvalue weighted by Gasteiger charge is -2.41. The van der Waals surface area contributed by atoms with E-state index >= 15 is 0 Å². The molecule has 0 bridgehead atoms. The van der Waals surface area contributed by atoms with Crippen molar-refractivity contribution in [2.75, 3.05) is 20.3 Å². The van der Waals surface area contributed by atoms with E-state index in [2.05, 4.69) is 10.3 Å². The van der Waals surface area contributed by atoms with Crippen molar-refractivity contribution in [2.24, 2.45) is 5.41 Å². The monoisotopic (exact) mass is 279 g/mol. The van der Waals surface area contributed by atoms with Gasteiger partial charge < -0.3 is 14.6 Å². The summed E-state index contributed by atoms with van der Waals surface area (Å²) in [5, 5.41) is 3.07. The lowest BCUT2D eigenvalue weighted by molar-refractivity contribution is -0.123. The van der Waals surface area contributed by atoms with Gasteiger partial charge in [0.05, 0.1) is 6.61 Å². The standard InChI is InChI=1S/C15H25N3O2/c1-12(18-8-7-16-13(18)2)9-14(19)17-10-15(11-20-3)5-4-6-15/h7-8,12H,4-6,9-11H2,1-3H3,(H,17,19)/t12-/m1/s1. The Morgan fingerprint density at radius 2 is 2.35 bits per heavy atom. The van der Waals surface area contributed by atoms with E-state index in [0.29, 0.717) is 6.42 Å². The second kappa shape index (κ2) is 6.39. The zero-order valence-corrected chi connectivity index (χ0v) is 12.7. The van der Waals surface area contributed by atoms with Crippen LogP contribution in [0.25, 0.3) is 0 Å². The maximum absolute atomic E-state index is 12.1. The van der Waals surface area contributed by atoms with Gasteiger partial charge in [0.1, 0.15) is 5.82 Å². The molecule has 20 heavy (non-hydrogen) atoms. The topological polar surface area (TPSA) is 56.1 Å². The van der Waals surface area contributed by atoms with Gasteiger partial charge in [0.15, 0.2) is 0 Å². The molecule has 1 N–H and O–H groups in total. The van der Waals surface area contributed by atoms with Gasteiger partial charge in [-0.25, -0.2) is 4.98 Å². The van der Waals surface area contributed by atoms with Gasteiger partial charge >= 0.3 is 0 Å². The number of rotatable bonds is 7. The molecule has 0 saturated heterocycles. The summed E-state index contributed by atoms with van der Waals surface area (Å²) in [4.78, 5) is 16.3. The molecule has 1 aliphatic carbocycles. The largest absolute Gasteiger partial charge is 0.384 e. The van der Waals surface area contributed by atoms with Crippen LogP contribution in [0.2, 0.25) is 0 Å². The van der Waals surface area contributed by atoms with Crippen molar-refractivity contribution in [1.29, 1.82) is 0 Å². The predicted molar refractivity (Wildman–Crippen MR) is 77.5 cm³/mol. The third-order valence-corrected chi connectivity index (χ3v) is 4.34. The molecule has 2 rings (SSSR count). The number of aryl methyl sites for hydroxylation is 1. The highest BCUT2D eigenvalue weighted by atomic mass is 16.5. The molecular formula is C15H25N3O2. The minimum absolute atomic E-state index is 0.105. The molecule has 1 saturated carbocycles. The van der Waals surface area contributed by atoms with Gasteiger partial charge in [0, 0.05) is 43.9 Å². The van der Waals surface area contributed by atoms with Crippen molar-refractivity contribution in [1.82, 2.24) is 14.9 Å². The number of hydrogen-bond donors (Lipinski definition) is 1. The van der Waals surface area contributed by atoms with Gasteiger partial charge in [-0.2, -0.15) is 0 Å². The van der Waals surface area contributed by atoms with Gasteiger partial charge in [-0.3, -0.25) is 4.79 Å². The Morgan fingerprint density at radius 3 is 2.85 bits per heavy atom. The van der Waals surface area contributed by atoms with Crippen molar-refractivity contribution in [2.45, 2.75) is 45.6 Å². The average Bonchev–Trinajstić information content (AvgIpc) is 2.78. The second-order valence-electron chi connectivity index (χ2n) is 6.00. The summed E-state index contributed by atoms with van der Waals surface area (Å²) >= 11 is 0. The second-order valence-corrected chi connectivity index (χ2v) is 6.00. The molecule has 5 nitrogen and oxygen atoms in total. The fraction of sp³-hybridized carbons (Fsp3) is 0.733. The van der Waals surface area contributed by atoms with Gasteiger partial charge in [-0.1, -0.05) is 6.42 Å². The first kappa shape index (κ1) is 15.0. The van der Waals surface area contributed by atoms with Crippen molar-refractivity contribution in [3.63, 3.8) is 0 Å². The summed E-state index contributed by atoms with van der Waals surface area (Å²) in [5.41, 5.74) is 0.179. The number of carbonyl (C=O) groups excluding carboxylic acids is 1. The van der Waals surface area contributed by atoms with Gasteiger partial charge in [-0.15, -0.1) is 0 Å². The Bertz CT molecular complexity index is 452. The molecule has 0 aliphatic heterocycles. The first-order chi connectivity index (χ1) is 9.56. The van der Waals surface area contributed by atoms with E-state index in [-0.39, 0.29) is 17.4 Å². The number of carbonyl (C=O) groups is 1. The van der Waals surface area contributed by atoms with Crippen molar-refractivity contribution >= 4 is 5.91 Å². The third kappa shape index (κ3) is 3.39. The molecule has 1 aromatic heterocycles. The minimum atomic E-state index is 0.105. The molecule has 1 aromatic rings. The van der Waals surface area contributed by atoms with Gasteiger partial charge in [-0.05, 0) is 26.7 Å². The Labute approximate surface area is 120 Å². The fourth-order valence-electron chi connectivity index (χ4n) is 2.93. The summed E-state index contributed by atoms with van der Waals surface area (Å²) in [7, 11) is 1.73. The molecule has 1 atom stereocenters. The van der Waals surface area contributed by atoms with Crippen LogP contribution in [-0.4, -0.2) is 35.7 Å². The number of amides is 1. The molecule has 5 heteroatoms. The van der Waals surface area contributed by atoms with Crippen molar-refractivity contribution in [3.05, 3.63) is 18.2 Å². The van der Waals surface area contributed by atoms with E-state index in [4.69, 9.17) is 4.74 Å². The lowest BCUT2D eigenvalue weighted by atomic mass is 9.69. The van der Waals surface area contributed by atoms with Crippen LogP contribution in [0.15, 0.2) is 12.4 Å². The Hall–Kier alpha value is -1.36. The van der Waals surface area contributed by atoms with Crippen LogP contribution in [0.1, 0.15) is 44.5 Å². The van der Waals surface area contributed by atoms with E-state index in [1.807, 2.05) is 24.6 Å². The number of ether oxygens (including phenoxy) is 1. The molecule has 0 aromatic carbocycles. The minimum Gasteiger partial charge on any atom is -0.384 e. The highest BCUT2D eigenvalue weighted by Gasteiger charge is 2.37. The lowest BCUT2D eigenvalue weighted by Crippen LogP contribution is -2.45. The number of imidazole rings is 1. The summed E-state index contributed by atoms with van der Waals surface area (Å²) in [6, 6.07) is 0.136. The smallest absolute Gasteiger partial charge is 0.222 e. The zero-order valence-electron chi connectivity index (χ0n) is 12.7. The Balaban J connectivity index is 1.79. The molecule has 1 amide bonds.